The van der Waals surface area contributed by atoms with Crippen molar-refractivity contribution in [2.45, 2.75) is 57.8 Å². The topological polar surface area (TPSA) is 50.5 Å². The SMILES string of the molecule is CC(C)(C)c1ccc(CCC(=O)N2CCCC(c3nnc4ccccn34)C2)cc1. The number of rotatable bonds is 4. The minimum atomic E-state index is 0.156. The second-order valence-electron chi connectivity index (χ2n) is 9.11. The van der Waals surface area contributed by atoms with Gasteiger partial charge in [-0.05, 0) is 47.9 Å². The number of aromatic nitrogens is 3. The minimum absolute atomic E-state index is 0.156. The first kappa shape index (κ1) is 19.6. The first-order valence-electron chi connectivity index (χ1n) is 10.6. The Morgan fingerprint density at radius 3 is 2.66 bits per heavy atom. The lowest BCUT2D eigenvalue weighted by atomic mass is 9.86. The summed E-state index contributed by atoms with van der Waals surface area (Å²) in [7, 11) is 0. The normalized spacial score (nSPS) is 17.6. The molecule has 152 valence electrons. The fourth-order valence-electron chi connectivity index (χ4n) is 4.13. The maximum atomic E-state index is 12.9. The van der Waals surface area contributed by atoms with Crippen LogP contribution in [0, 0.1) is 0 Å². The molecule has 29 heavy (non-hydrogen) atoms. The zero-order chi connectivity index (χ0) is 20.4. The molecule has 1 fully saturated rings. The van der Waals surface area contributed by atoms with Gasteiger partial charge in [-0.3, -0.25) is 9.20 Å². The molecule has 1 aromatic carbocycles. The lowest BCUT2D eigenvalue weighted by Crippen LogP contribution is -2.39. The number of hydrogen-bond donors (Lipinski definition) is 0. The Hall–Kier alpha value is -2.69. The van der Waals surface area contributed by atoms with Gasteiger partial charge in [0.2, 0.25) is 5.91 Å². The number of carbonyl (C=O) groups is 1. The maximum Gasteiger partial charge on any atom is 0.222 e. The van der Waals surface area contributed by atoms with Gasteiger partial charge in [0.05, 0.1) is 0 Å². The van der Waals surface area contributed by atoms with Gasteiger partial charge in [0.25, 0.3) is 0 Å². The lowest BCUT2D eigenvalue weighted by molar-refractivity contribution is -0.132. The Morgan fingerprint density at radius 1 is 1.10 bits per heavy atom. The smallest absolute Gasteiger partial charge is 0.222 e. The molecule has 1 unspecified atom stereocenters. The fraction of sp³-hybridized carbons (Fsp3) is 0.458. The molecule has 0 bridgehead atoms. The Balaban J connectivity index is 1.38. The molecule has 5 heteroatoms. The molecule has 1 atom stereocenters. The van der Waals surface area contributed by atoms with Crippen LogP contribution >= 0.6 is 0 Å². The van der Waals surface area contributed by atoms with Crippen molar-refractivity contribution in [2.24, 2.45) is 0 Å². The number of benzene rings is 1. The van der Waals surface area contributed by atoms with Crippen LogP contribution in [0.5, 0.6) is 0 Å². The predicted molar refractivity (Wildman–Crippen MR) is 115 cm³/mol. The monoisotopic (exact) mass is 390 g/mol. The summed E-state index contributed by atoms with van der Waals surface area (Å²) in [5.41, 5.74) is 3.57. The molecule has 0 saturated carbocycles. The van der Waals surface area contributed by atoms with Gasteiger partial charge in [0.15, 0.2) is 5.65 Å². The quantitative estimate of drug-likeness (QED) is 0.665. The Morgan fingerprint density at radius 2 is 1.90 bits per heavy atom. The van der Waals surface area contributed by atoms with E-state index in [2.05, 4.69) is 59.6 Å². The van der Waals surface area contributed by atoms with Crippen molar-refractivity contribution in [1.82, 2.24) is 19.5 Å². The van der Waals surface area contributed by atoms with E-state index in [0.717, 1.165) is 43.8 Å². The van der Waals surface area contributed by atoms with E-state index in [9.17, 15) is 4.79 Å². The van der Waals surface area contributed by atoms with E-state index >= 15 is 0 Å². The molecular formula is C24H30N4O. The molecule has 3 aromatic rings. The summed E-state index contributed by atoms with van der Waals surface area (Å²) < 4.78 is 2.05. The summed E-state index contributed by atoms with van der Waals surface area (Å²) in [6.45, 7) is 8.23. The van der Waals surface area contributed by atoms with Crippen molar-refractivity contribution in [3.63, 3.8) is 0 Å². The van der Waals surface area contributed by atoms with E-state index in [4.69, 9.17) is 0 Å². The molecule has 0 spiro atoms. The summed E-state index contributed by atoms with van der Waals surface area (Å²) in [4.78, 5) is 14.9. The van der Waals surface area contributed by atoms with Gasteiger partial charge in [-0.25, -0.2) is 0 Å². The van der Waals surface area contributed by atoms with Crippen LogP contribution in [-0.2, 0) is 16.6 Å². The van der Waals surface area contributed by atoms with Crippen LogP contribution < -0.4 is 0 Å². The Labute approximate surface area is 172 Å². The summed E-state index contributed by atoms with van der Waals surface area (Å²) in [6.07, 6.45) is 5.42. The van der Waals surface area contributed by atoms with Crippen molar-refractivity contribution >= 4 is 11.6 Å². The molecule has 5 nitrogen and oxygen atoms in total. The molecule has 1 amide bonds. The van der Waals surface area contributed by atoms with Crippen LogP contribution in [0.4, 0.5) is 0 Å². The third kappa shape index (κ3) is 4.34. The molecule has 4 rings (SSSR count). The lowest BCUT2D eigenvalue weighted by Gasteiger charge is -2.32. The van der Waals surface area contributed by atoms with Crippen LogP contribution in [-0.4, -0.2) is 38.5 Å². The Bertz CT molecular complexity index is 984. The van der Waals surface area contributed by atoms with E-state index in [1.54, 1.807) is 0 Å². The molecule has 0 N–H and O–H groups in total. The number of piperidine rings is 1. The number of amides is 1. The number of aryl methyl sites for hydroxylation is 1. The van der Waals surface area contributed by atoms with E-state index in [-0.39, 0.29) is 17.2 Å². The van der Waals surface area contributed by atoms with E-state index in [0.29, 0.717) is 6.42 Å². The average Bonchev–Trinajstić information content (AvgIpc) is 3.16. The number of pyridine rings is 1. The van der Waals surface area contributed by atoms with Crippen molar-refractivity contribution in [2.75, 3.05) is 13.1 Å². The molecule has 2 aromatic heterocycles. The first-order chi connectivity index (χ1) is 13.9. The molecule has 0 radical (unpaired) electrons. The fourth-order valence-corrected chi connectivity index (χ4v) is 4.13. The second-order valence-corrected chi connectivity index (χ2v) is 9.11. The third-order valence-electron chi connectivity index (χ3n) is 5.93. The van der Waals surface area contributed by atoms with Gasteiger partial charge in [0, 0.05) is 31.6 Å². The number of likely N-dealkylation sites (tertiary alicyclic amines) is 1. The molecule has 1 aliphatic rings. The van der Waals surface area contributed by atoms with Crippen molar-refractivity contribution in [3.05, 3.63) is 65.6 Å². The van der Waals surface area contributed by atoms with Gasteiger partial charge in [0.1, 0.15) is 5.82 Å². The van der Waals surface area contributed by atoms with Gasteiger partial charge in [-0.2, -0.15) is 0 Å². The first-order valence-corrected chi connectivity index (χ1v) is 10.6. The van der Waals surface area contributed by atoms with Crippen molar-refractivity contribution in [1.29, 1.82) is 0 Å². The third-order valence-corrected chi connectivity index (χ3v) is 5.93. The van der Waals surface area contributed by atoms with Crippen LogP contribution in [0.1, 0.15) is 62.9 Å². The van der Waals surface area contributed by atoms with Crippen LogP contribution in [0.2, 0.25) is 0 Å². The van der Waals surface area contributed by atoms with Gasteiger partial charge in [-0.15, -0.1) is 10.2 Å². The largest absolute Gasteiger partial charge is 0.342 e. The van der Waals surface area contributed by atoms with Gasteiger partial charge in [-0.1, -0.05) is 51.1 Å². The van der Waals surface area contributed by atoms with E-state index < -0.39 is 0 Å². The molecule has 1 saturated heterocycles. The highest BCUT2D eigenvalue weighted by Gasteiger charge is 2.27. The summed E-state index contributed by atoms with van der Waals surface area (Å²) in [6, 6.07) is 14.6. The van der Waals surface area contributed by atoms with Crippen LogP contribution in [0.3, 0.4) is 0 Å². The maximum absolute atomic E-state index is 12.9. The number of carbonyl (C=O) groups excluding carboxylic acids is 1. The molecule has 3 heterocycles. The second kappa shape index (κ2) is 7.97. The predicted octanol–water partition coefficient (Wildman–Crippen LogP) is 4.37. The highest BCUT2D eigenvalue weighted by Crippen LogP contribution is 2.27. The van der Waals surface area contributed by atoms with Crippen molar-refractivity contribution < 1.29 is 4.79 Å². The number of hydrogen-bond acceptors (Lipinski definition) is 3. The van der Waals surface area contributed by atoms with Crippen LogP contribution in [0.15, 0.2) is 48.7 Å². The van der Waals surface area contributed by atoms with E-state index in [1.807, 2.05) is 29.3 Å². The summed E-state index contributed by atoms with van der Waals surface area (Å²) >= 11 is 0. The zero-order valence-corrected chi connectivity index (χ0v) is 17.6. The number of fused-ring (bicyclic) bond motifs is 1. The van der Waals surface area contributed by atoms with Gasteiger partial charge < -0.3 is 4.90 Å². The molecule has 1 aliphatic heterocycles. The molecule has 0 aliphatic carbocycles. The highest BCUT2D eigenvalue weighted by atomic mass is 16.2. The summed E-state index contributed by atoms with van der Waals surface area (Å²) in [5, 5.41) is 8.68. The zero-order valence-electron chi connectivity index (χ0n) is 17.6. The summed E-state index contributed by atoms with van der Waals surface area (Å²) in [5.74, 6) is 1.45. The number of nitrogens with zero attached hydrogens (tertiary/aromatic N) is 4. The standard InChI is InChI=1S/C24H30N4O/c1-24(2,3)20-12-9-18(10-13-20)11-14-22(29)27-15-6-7-19(17-27)23-26-25-21-8-4-5-16-28(21)23/h4-5,8-10,12-13,16,19H,6-7,11,14-15,17H2,1-3H3. The molecular weight excluding hydrogens is 360 g/mol. The van der Waals surface area contributed by atoms with E-state index in [1.165, 1.54) is 11.1 Å². The highest BCUT2D eigenvalue weighted by molar-refractivity contribution is 5.76. The Kier molecular flexibility index (Phi) is 5.39. The average molecular weight is 391 g/mol. The van der Waals surface area contributed by atoms with Crippen LogP contribution in [0.25, 0.3) is 5.65 Å². The van der Waals surface area contributed by atoms with Gasteiger partial charge >= 0.3 is 0 Å². The van der Waals surface area contributed by atoms with Crippen molar-refractivity contribution in [3.8, 4) is 0 Å². The minimum Gasteiger partial charge on any atom is -0.342 e.